The summed E-state index contributed by atoms with van der Waals surface area (Å²) in [4.78, 5) is 2.42. The molecule has 1 nitrogen and oxygen atoms in total. The Morgan fingerprint density at radius 2 is 0.788 bits per heavy atom. The molecule has 0 saturated carbocycles. The fourth-order valence-corrected chi connectivity index (χ4v) is 8.73. The summed E-state index contributed by atoms with van der Waals surface area (Å²) in [5.41, 5.74) is 10.7. The van der Waals surface area contributed by atoms with Gasteiger partial charge in [-0.25, -0.2) is 0 Å². The van der Waals surface area contributed by atoms with Crippen molar-refractivity contribution in [1.82, 2.24) is 0 Å². The molecule has 0 aliphatic carbocycles. The van der Waals surface area contributed by atoms with Crippen LogP contribution in [-0.4, -0.2) is 0 Å². The Hall–Kier alpha value is -6.48. The highest BCUT2D eigenvalue weighted by atomic mass is 32.1. The average Bonchev–Trinajstić information content (AvgIpc) is 3.60. The van der Waals surface area contributed by atoms with Crippen molar-refractivity contribution in [3.05, 3.63) is 200 Å². The quantitative estimate of drug-likeness (QED) is 0.169. The van der Waals surface area contributed by atoms with Gasteiger partial charge in [-0.2, -0.15) is 0 Å². The van der Waals surface area contributed by atoms with E-state index >= 15 is 0 Å². The van der Waals surface area contributed by atoms with E-state index in [2.05, 4.69) is 205 Å². The lowest BCUT2D eigenvalue weighted by atomic mass is 10.00. The van der Waals surface area contributed by atoms with Gasteiger partial charge in [-0.05, 0) is 110 Å². The number of nitrogens with zero attached hydrogens (tertiary/aromatic N) is 1. The van der Waals surface area contributed by atoms with Gasteiger partial charge in [0.1, 0.15) is 0 Å². The zero-order valence-electron chi connectivity index (χ0n) is 28.4. The zero-order valence-corrected chi connectivity index (χ0v) is 29.2. The van der Waals surface area contributed by atoms with Crippen LogP contribution in [0.3, 0.4) is 0 Å². The Labute approximate surface area is 307 Å². The van der Waals surface area contributed by atoms with Gasteiger partial charge in [0.15, 0.2) is 0 Å². The highest BCUT2D eigenvalue weighted by Gasteiger charge is 2.19. The predicted molar refractivity (Wildman–Crippen MR) is 225 cm³/mol. The van der Waals surface area contributed by atoms with E-state index in [1.165, 1.54) is 80.8 Å². The molecule has 0 amide bonds. The first-order valence-electron chi connectivity index (χ1n) is 17.7. The van der Waals surface area contributed by atoms with Gasteiger partial charge >= 0.3 is 0 Å². The van der Waals surface area contributed by atoms with E-state index in [1.54, 1.807) is 0 Å². The van der Waals surface area contributed by atoms with Crippen molar-refractivity contribution in [3.8, 4) is 33.4 Å². The Kier molecular flexibility index (Phi) is 7.41. The third kappa shape index (κ3) is 5.42. The Bertz CT molecular complexity index is 2760. The molecule has 0 unspecified atom stereocenters. The van der Waals surface area contributed by atoms with Gasteiger partial charge in [0, 0.05) is 26.8 Å². The highest BCUT2D eigenvalue weighted by Crippen LogP contribution is 2.46. The molecule has 9 aromatic carbocycles. The molecule has 0 radical (unpaired) electrons. The smallest absolute Gasteiger partial charge is 0.0640 e. The highest BCUT2D eigenvalue weighted by molar-refractivity contribution is 7.26. The minimum absolute atomic E-state index is 1.12. The molecule has 0 bridgehead atoms. The number of anilines is 3. The fourth-order valence-electron chi connectivity index (χ4n) is 7.54. The molecule has 1 aromatic heterocycles. The molecule has 1 heterocycles. The molecule has 0 spiro atoms. The van der Waals surface area contributed by atoms with Crippen LogP contribution in [0.25, 0.3) is 75.1 Å². The van der Waals surface area contributed by atoms with Gasteiger partial charge in [0.05, 0.1) is 10.4 Å². The summed E-state index contributed by atoms with van der Waals surface area (Å²) < 4.78 is 2.57. The van der Waals surface area contributed by atoms with Crippen LogP contribution in [0.2, 0.25) is 0 Å². The number of rotatable bonds is 6. The molecule has 0 atom stereocenters. The molecule has 244 valence electrons. The molecule has 52 heavy (non-hydrogen) atoms. The molecule has 0 aliphatic rings. The summed E-state index contributed by atoms with van der Waals surface area (Å²) in [5.74, 6) is 0. The maximum Gasteiger partial charge on any atom is 0.0640 e. The van der Waals surface area contributed by atoms with E-state index in [4.69, 9.17) is 0 Å². The summed E-state index contributed by atoms with van der Waals surface area (Å²) >= 11 is 1.87. The van der Waals surface area contributed by atoms with Gasteiger partial charge in [0.25, 0.3) is 0 Å². The van der Waals surface area contributed by atoms with E-state index < -0.39 is 0 Å². The number of hydrogen-bond acceptors (Lipinski definition) is 2. The van der Waals surface area contributed by atoms with Crippen LogP contribution in [0, 0.1) is 0 Å². The van der Waals surface area contributed by atoms with Gasteiger partial charge in [-0.15, -0.1) is 11.3 Å². The zero-order chi connectivity index (χ0) is 34.4. The van der Waals surface area contributed by atoms with Crippen LogP contribution in [0.1, 0.15) is 0 Å². The molecule has 2 heteroatoms. The van der Waals surface area contributed by atoms with Crippen LogP contribution in [0.4, 0.5) is 17.1 Å². The number of fused-ring (bicyclic) bond motifs is 5. The van der Waals surface area contributed by atoms with Crippen molar-refractivity contribution < 1.29 is 0 Å². The lowest BCUT2D eigenvalue weighted by Gasteiger charge is -2.26. The molecule has 0 aliphatic heterocycles. The third-order valence-electron chi connectivity index (χ3n) is 10.2. The lowest BCUT2D eigenvalue weighted by Crippen LogP contribution is -2.10. The first kappa shape index (κ1) is 30.4. The summed E-state index contributed by atoms with van der Waals surface area (Å²) in [6.45, 7) is 0. The molecule has 0 N–H and O–H groups in total. The number of hydrogen-bond donors (Lipinski definition) is 0. The van der Waals surface area contributed by atoms with Crippen molar-refractivity contribution in [2.24, 2.45) is 0 Å². The Morgan fingerprint density at radius 3 is 1.38 bits per heavy atom. The largest absolute Gasteiger partial charge is 0.309 e. The monoisotopic (exact) mass is 679 g/mol. The second-order valence-electron chi connectivity index (χ2n) is 13.4. The molecular weight excluding hydrogens is 647 g/mol. The lowest BCUT2D eigenvalue weighted by molar-refractivity contribution is 1.30. The van der Waals surface area contributed by atoms with Crippen molar-refractivity contribution >= 4 is 70.1 Å². The summed E-state index contributed by atoms with van der Waals surface area (Å²) in [7, 11) is 0. The number of benzene rings is 9. The summed E-state index contributed by atoms with van der Waals surface area (Å²) in [6.07, 6.45) is 0. The first-order valence-corrected chi connectivity index (χ1v) is 18.6. The second kappa shape index (κ2) is 12.7. The SMILES string of the molecule is c1ccc(-c2ccc3sc4c(N(c5ccc(-c6ccc7ccccc7c6)cc5)c5ccc(-c6ccc7ccccc7c6)cc5)cccc4c3c2)cc1. The topological polar surface area (TPSA) is 3.24 Å². The van der Waals surface area contributed by atoms with E-state index in [0.29, 0.717) is 0 Å². The van der Waals surface area contributed by atoms with Gasteiger partial charge < -0.3 is 4.90 Å². The van der Waals surface area contributed by atoms with E-state index in [9.17, 15) is 0 Å². The minimum atomic E-state index is 1.12. The van der Waals surface area contributed by atoms with E-state index in [-0.39, 0.29) is 0 Å². The van der Waals surface area contributed by atoms with Gasteiger partial charge in [0.2, 0.25) is 0 Å². The fraction of sp³-hybridized carbons (Fsp3) is 0. The maximum atomic E-state index is 2.42. The van der Waals surface area contributed by atoms with Crippen LogP contribution < -0.4 is 4.90 Å². The van der Waals surface area contributed by atoms with Crippen LogP contribution in [0.5, 0.6) is 0 Å². The van der Waals surface area contributed by atoms with Gasteiger partial charge in [-0.1, -0.05) is 146 Å². The standard InChI is InChI=1S/C50H33NS/c1-2-9-34(10-3-1)43-25-30-49-47(33-43)46-15-8-16-48(50(46)52-49)51(44-26-21-37(22-27-44)41-19-17-35-11-4-6-13-39(35)31-41)45-28-23-38(24-29-45)42-20-18-36-12-5-7-14-40(36)32-42/h1-33H. The molecule has 0 saturated heterocycles. The number of thiophene rings is 1. The van der Waals surface area contributed by atoms with E-state index in [1.807, 2.05) is 11.3 Å². The van der Waals surface area contributed by atoms with E-state index in [0.717, 1.165) is 11.4 Å². The van der Waals surface area contributed by atoms with Crippen LogP contribution >= 0.6 is 11.3 Å². The summed E-state index contributed by atoms with van der Waals surface area (Å²) in [6, 6.07) is 73.0. The van der Waals surface area contributed by atoms with Crippen LogP contribution in [-0.2, 0) is 0 Å². The Morgan fingerprint density at radius 1 is 0.308 bits per heavy atom. The average molecular weight is 680 g/mol. The van der Waals surface area contributed by atoms with Crippen molar-refractivity contribution in [3.63, 3.8) is 0 Å². The molecular formula is C50H33NS. The van der Waals surface area contributed by atoms with Crippen molar-refractivity contribution in [2.45, 2.75) is 0 Å². The molecule has 10 rings (SSSR count). The Balaban J connectivity index is 1.10. The molecule has 0 fully saturated rings. The normalized spacial score (nSPS) is 11.5. The summed E-state index contributed by atoms with van der Waals surface area (Å²) in [5, 5.41) is 7.59. The van der Waals surface area contributed by atoms with Crippen LogP contribution in [0.15, 0.2) is 200 Å². The minimum Gasteiger partial charge on any atom is -0.309 e. The first-order chi connectivity index (χ1) is 25.7. The van der Waals surface area contributed by atoms with Crippen molar-refractivity contribution in [1.29, 1.82) is 0 Å². The molecule has 10 aromatic rings. The van der Waals surface area contributed by atoms with Crippen molar-refractivity contribution in [2.75, 3.05) is 4.90 Å². The predicted octanol–water partition coefficient (Wildman–Crippen LogP) is 14.8. The third-order valence-corrected chi connectivity index (χ3v) is 11.4. The van der Waals surface area contributed by atoms with Gasteiger partial charge in [-0.3, -0.25) is 0 Å². The maximum absolute atomic E-state index is 2.42. The second-order valence-corrected chi connectivity index (χ2v) is 14.4.